The molecule has 17 heavy (non-hydrogen) atoms. The summed E-state index contributed by atoms with van der Waals surface area (Å²) in [5.74, 6) is 0.564. The van der Waals surface area contributed by atoms with Crippen molar-refractivity contribution in [2.75, 3.05) is 7.05 Å². The minimum Gasteiger partial charge on any atom is -0.456 e. The zero-order valence-corrected chi connectivity index (χ0v) is 10.5. The van der Waals surface area contributed by atoms with Crippen molar-refractivity contribution < 1.29 is 8.81 Å². The summed E-state index contributed by atoms with van der Waals surface area (Å²) < 4.78 is 19.5. The van der Waals surface area contributed by atoms with Crippen LogP contribution in [0.4, 0.5) is 4.39 Å². The second-order valence-corrected chi connectivity index (χ2v) is 4.39. The quantitative estimate of drug-likeness (QED) is 0.868. The van der Waals surface area contributed by atoms with Crippen LogP contribution >= 0.6 is 0 Å². The molecule has 92 valence electrons. The highest BCUT2D eigenvalue weighted by Crippen LogP contribution is 2.29. The van der Waals surface area contributed by atoms with Gasteiger partial charge in [-0.1, -0.05) is 25.5 Å². The van der Waals surface area contributed by atoms with E-state index >= 15 is 0 Å². The van der Waals surface area contributed by atoms with Gasteiger partial charge in [-0.25, -0.2) is 4.39 Å². The number of hydrogen-bond donors (Lipinski definition) is 1. The average Bonchev–Trinajstić information content (AvgIpc) is 2.75. The van der Waals surface area contributed by atoms with Gasteiger partial charge in [0.15, 0.2) is 11.4 Å². The molecule has 3 heteroatoms. The van der Waals surface area contributed by atoms with Crippen molar-refractivity contribution in [1.29, 1.82) is 0 Å². The van der Waals surface area contributed by atoms with Gasteiger partial charge in [-0.2, -0.15) is 0 Å². The summed E-state index contributed by atoms with van der Waals surface area (Å²) in [6.45, 7) is 3.87. The van der Waals surface area contributed by atoms with Crippen LogP contribution in [0.3, 0.4) is 0 Å². The van der Waals surface area contributed by atoms with Crippen LogP contribution in [0.25, 0.3) is 11.0 Å². The van der Waals surface area contributed by atoms with E-state index in [2.05, 4.69) is 12.2 Å². The number of halogens is 1. The third kappa shape index (κ3) is 2.20. The molecule has 1 heterocycles. The van der Waals surface area contributed by atoms with Gasteiger partial charge in [0.25, 0.3) is 0 Å². The molecule has 0 aliphatic carbocycles. The Morgan fingerprint density at radius 1 is 1.41 bits per heavy atom. The summed E-state index contributed by atoms with van der Waals surface area (Å²) in [6, 6.07) is 5.77. The molecule has 1 atom stereocenters. The number of fused-ring (bicyclic) bond motifs is 1. The summed E-state index contributed by atoms with van der Waals surface area (Å²) >= 11 is 0. The van der Waals surface area contributed by atoms with Crippen molar-refractivity contribution in [2.24, 2.45) is 0 Å². The van der Waals surface area contributed by atoms with Crippen LogP contribution in [0.1, 0.15) is 37.1 Å². The van der Waals surface area contributed by atoms with Gasteiger partial charge in [0.2, 0.25) is 0 Å². The number of benzene rings is 1. The van der Waals surface area contributed by atoms with Crippen molar-refractivity contribution in [3.05, 3.63) is 35.3 Å². The Morgan fingerprint density at radius 2 is 2.18 bits per heavy atom. The molecule has 0 saturated carbocycles. The molecule has 0 radical (unpaired) electrons. The average molecular weight is 235 g/mol. The molecule has 0 fully saturated rings. The molecule has 0 saturated heterocycles. The summed E-state index contributed by atoms with van der Waals surface area (Å²) in [6.07, 6.45) is 2.04. The minimum absolute atomic E-state index is 0.159. The zero-order valence-electron chi connectivity index (χ0n) is 10.5. The fourth-order valence-electron chi connectivity index (χ4n) is 2.08. The number of rotatable bonds is 4. The minimum atomic E-state index is -0.250. The molecule has 2 aromatic rings. The summed E-state index contributed by atoms with van der Waals surface area (Å²) in [5, 5.41) is 4.03. The molecule has 2 rings (SSSR count). The SMILES string of the molecule is CCCC(NC)c1cc2ccc(C)c(F)c2o1. The monoisotopic (exact) mass is 235 g/mol. The van der Waals surface area contributed by atoms with E-state index in [1.165, 1.54) is 0 Å². The maximum atomic E-state index is 13.9. The lowest BCUT2D eigenvalue weighted by Crippen LogP contribution is -2.15. The zero-order chi connectivity index (χ0) is 12.4. The van der Waals surface area contributed by atoms with Crippen molar-refractivity contribution in [1.82, 2.24) is 5.32 Å². The third-order valence-electron chi connectivity index (χ3n) is 3.11. The van der Waals surface area contributed by atoms with Gasteiger partial charge < -0.3 is 9.73 Å². The first kappa shape index (κ1) is 12.1. The predicted molar refractivity (Wildman–Crippen MR) is 67.6 cm³/mol. The lowest BCUT2D eigenvalue weighted by molar-refractivity contribution is 0.423. The molecule has 0 bridgehead atoms. The Balaban J connectivity index is 2.47. The predicted octanol–water partition coefficient (Wildman–Crippen LogP) is 3.94. The molecule has 1 aromatic carbocycles. The van der Waals surface area contributed by atoms with Crippen LogP contribution in [-0.2, 0) is 0 Å². The highest BCUT2D eigenvalue weighted by Gasteiger charge is 2.16. The second kappa shape index (κ2) is 4.88. The molecular weight excluding hydrogens is 217 g/mol. The van der Waals surface area contributed by atoms with E-state index in [1.807, 2.05) is 19.2 Å². The molecule has 0 aliphatic heterocycles. The largest absolute Gasteiger partial charge is 0.456 e. The molecule has 0 aliphatic rings. The molecular formula is C14H18FNO. The molecule has 0 amide bonds. The number of aryl methyl sites for hydroxylation is 1. The topological polar surface area (TPSA) is 25.2 Å². The van der Waals surface area contributed by atoms with Gasteiger partial charge in [-0.3, -0.25) is 0 Å². The van der Waals surface area contributed by atoms with Gasteiger partial charge in [0.05, 0.1) is 6.04 Å². The number of furan rings is 1. The van der Waals surface area contributed by atoms with Crippen LogP contribution in [0.15, 0.2) is 22.6 Å². The van der Waals surface area contributed by atoms with Crippen molar-refractivity contribution in [3.8, 4) is 0 Å². The molecule has 2 nitrogen and oxygen atoms in total. The van der Waals surface area contributed by atoms with Crippen LogP contribution in [0, 0.1) is 12.7 Å². The van der Waals surface area contributed by atoms with Crippen LogP contribution in [0.2, 0.25) is 0 Å². The molecule has 1 N–H and O–H groups in total. The lowest BCUT2D eigenvalue weighted by Gasteiger charge is -2.11. The lowest BCUT2D eigenvalue weighted by atomic mass is 10.1. The Kier molecular flexibility index (Phi) is 3.48. The number of hydrogen-bond acceptors (Lipinski definition) is 2. The fourth-order valence-corrected chi connectivity index (χ4v) is 2.08. The summed E-state index contributed by atoms with van der Waals surface area (Å²) in [4.78, 5) is 0. The number of nitrogens with one attached hydrogen (secondary N) is 1. The smallest absolute Gasteiger partial charge is 0.170 e. The van der Waals surface area contributed by atoms with E-state index in [4.69, 9.17) is 4.42 Å². The molecule has 0 spiro atoms. The normalized spacial score (nSPS) is 13.2. The van der Waals surface area contributed by atoms with Crippen LogP contribution in [0.5, 0.6) is 0 Å². The van der Waals surface area contributed by atoms with E-state index in [9.17, 15) is 4.39 Å². The molecule has 1 unspecified atom stereocenters. The Bertz CT molecular complexity index is 518. The standard InChI is InChI=1S/C14H18FNO/c1-4-5-11(16-3)12-8-10-7-6-9(2)13(15)14(10)17-12/h6-8,11,16H,4-5H2,1-3H3. The highest BCUT2D eigenvalue weighted by atomic mass is 19.1. The second-order valence-electron chi connectivity index (χ2n) is 4.39. The Hall–Kier alpha value is -1.35. The fraction of sp³-hybridized carbons (Fsp3) is 0.429. The Morgan fingerprint density at radius 3 is 2.82 bits per heavy atom. The van der Waals surface area contributed by atoms with E-state index in [1.54, 1.807) is 13.0 Å². The maximum Gasteiger partial charge on any atom is 0.170 e. The van der Waals surface area contributed by atoms with E-state index in [-0.39, 0.29) is 11.9 Å². The van der Waals surface area contributed by atoms with Crippen LogP contribution < -0.4 is 5.32 Å². The first-order valence-corrected chi connectivity index (χ1v) is 6.03. The van der Waals surface area contributed by atoms with Gasteiger partial charge in [0, 0.05) is 5.39 Å². The van der Waals surface area contributed by atoms with Gasteiger partial charge in [-0.15, -0.1) is 0 Å². The first-order chi connectivity index (χ1) is 8.17. The van der Waals surface area contributed by atoms with E-state index in [0.717, 1.165) is 24.0 Å². The van der Waals surface area contributed by atoms with Crippen molar-refractivity contribution in [2.45, 2.75) is 32.7 Å². The highest BCUT2D eigenvalue weighted by molar-refractivity contribution is 5.79. The maximum absolute atomic E-state index is 13.9. The van der Waals surface area contributed by atoms with Gasteiger partial charge >= 0.3 is 0 Å². The third-order valence-corrected chi connectivity index (χ3v) is 3.11. The van der Waals surface area contributed by atoms with Crippen LogP contribution in [-0.4, -0.2) is 7.05 Å². The van der Waals surface area contributed by atoms with Gasteiger partial charge in [0.1, 0.15) is 5.76 Å². The van der Waals surface area contributed by atoms with E-state index in [0.29, 0.717) is 11.1 Å². The van der Waals surface area contributed by atoms with Gasteiger partial charge in [-0.05, 0) is 32.0 Å². The summed E-state index contributed by atoms with van der Waals surface area (Å²) in [7, 11) is 1.90. The Labute approximate surface area is 101 Å². The molecule has 1 aromatic heterocycles. The van der Waals surface area contributed by atoms with E-state index < -0.39 is 0 Å². The summed E-state index contributed by atoms with van der Waals surface area (Å²) in [5.41, 5.74) is 0.992. The van der Waals surface area contributed by atoms with Crippen molar-refractivity contribution in [3.63, 3.8) is 0 Å². The van der Waals surface area contributed by atoms with Crippen molar-refractivity contribution >= 4 is 11.0 Å². The first-order valence-electron chi connectivity index (χ1n) is 6.03.